The number of benzene rings is 1. The van der Waals surface area contributed by atoms with E-state index >= 15 is 0 Å². The zero-order valence-electron chi connectivity index (χ0n) is 23.5. The van der Waals surface area contributed by atoms with E-state index in [9.17, 15) is 9.59 Å². The van der Waals surface area contributed by atoms with Crippen LogP contribution in [0.25, 0.3) is 16.9 Å². The Labute approximate surface area is 244 Å². The van der Waals surface area contributed by atoms with Crippen molar-refractivity contribution >= 4 is 23.2 Å². The Morgan fingerprint density at radius 1 is 1.07 bits per heavy atom. The highest BCUT2D eigenvalue weighted by atomic mass is 32.1. The predicted molar refractivity (Wildman–Crippen MR) is 160 cm³/mol. The van der Waals surface area contributed by atoms with Crippen LogP contribution in [0.4, 0.5) is 0 Å². The Balaban J connectivity index is 1.22. The lowest BCUT2D eigenvalue weighted by molar-refractivity contribution is -0.120. The van der Waals surface area contributed by atoms with Crippen LogP contribution in [-0.4, -0.2) is 68.1 Å². The molecule has 1 aliphatic heterocycles. The summed E-state index contributed by atoms with van der Waals surface area (Å²) in [5.41, 5.74) is 2.95. The number of likely N-dealkylation sites (tertiary alicyclic amines) is 1. The lowest BCUT2D eigenvalue weighted by Gasteiger charge is -2.15. The molecule has 41 heavy (non-hydrogen) atoms. The summed E-state index contributed by atoms with van der Waals surface area (Å²) in [7, 11) is 1.67. The number of nitrogens with zero attached hydrogens (tertiary/aromatic N) is 5. The minimum atomic E-state index is -0.0965. The molecule has 1 fully saturated rings. The molecule has 0 saturated carbocycles. The van der Waals surface area contributed by atoms with Crippen molar-refractivity contribution in [1.29, 1.82) is 0 Å². The van der Waals surface area contributed by atoms with Crippen molar-refractivity contribution in [2.24, 2.45) is 0 Å². The van der Waals surface area contributed by atoms with E-state index in [0.717, 1.165) is 73.1 Å². The third-order valence-corrected chi connectivity index (χ3v) is 8.49. The monoisotopic (exact) mass is 574 g/mol. The van der Waals surface area contributed by atoms with E-state index in [-0.39, 0.29) is 17.7 Å². The number of aromatic amines is 1. The standard InChI is InChI=1S/C30H38N8O2S/c1-31-27(39)9-4-2-3-8-23(18-34-30(40)26-20-32-28(41-26)21-37-15-5-6-16-37)29-33-19-25(36-29)22-10-12-24(13-11-22)38-17-7-14-35-38/h7,10-14,17,19-20,23H,2-6,8-9,15-16,18,21H2,1H3,(H,31,39)(H,33,36)(H,34,40). The summed E-state index contributed by atoms with van der Waals surface area (Å²) in [5.74, 6) is 0.840. The Bertz CT molecular complexity index is 1390. The van der Waals surface area contributed by atoms with Crippen molar-refractivity contribution in [2.75, 3.05) is 26.7 Å². The smallest absolute Gasteiger partial charge is 0.263 e. The van der Waals surface area contributed by atoms with Crippen molar-refractivity contribution < 1.29 is 9.59 Å². The van der Waals surface area contributed by atoms with Crippen LogP contribution in [-0.2, 0) is 11.3 Å². The van der Waals surface area contributed by atoms with E-state index in [1.165, 1.54) is 24.2 Å². The van der Waals surface area contributed by atoms with Crippen LogP contribution in [0.3, 0.4) is 0 Å². The molecule has 1 atom stereocenters. The highest BCUT2D eigenvalue weighted by Crippen LogP contribution is 2.25. The zero-order valence-corrected chi connectivity index (χ0v) is 24.3. The van der Waals surface area contributed by atoms with Gasteiger partial charge in [-0.1, -0.05) is 25.0 Å². The highest BCUT2D eigenvalue weighted by molar-refractivity contribution is 7.13. The Kier molecular flexibility index (Phi) is 9.92. The number of unbranched alkanes of at least 4 members (excludes halogenated alkanes) is 2. The van der Waals surface area contributed by atoms with Crippen molar-refractivity contribution in [3.05, 3.63) is 70.8 Å². The fourth-order valence-electron chi connectivity index (χ4n) is 5.14. The molecule has 1 aliphatic rings. The van der Waals surface area contributed by atoms with E-state index < -0.39 is 0 Å². The van der Waals surface area contributed by atoms with Gasteiger partial charge in [0.1, 0.15) is 15.7 Å². The van der Waals surface area contributed by atoms with Crippen molar-refractivity contribution in [1.82, 2.24) is 40.3 Å². The number of imidazole rings is 1. The third-order valence-electron chi connectivity index (χ3n) is 7.51. The molecule has 5 rings (SSSR count). The van der Waals surface area contributed by atoms with Gasteiger partial charge in [0.2, 0.25) is 5.91 Å². The van der Waals surface area contributed by atoms with Gasteiger partial charge in [-0.25, -0.2) is 14.6 Å². The number of hydrogen-bond acceptors (Lipinski definition) is 7. The molecule has 10 nitrogen and oxygen atoms in total. The van der Waals surface area contributed by atoms with Crippen LogP contribution < -0.4 is 10.6 Å². The second-order valence-electron chi connectivity index (χ2n) is 10.5. The molecular weight excluding hydrogens is 536 g/mol. The summed E-state index contributed by atoms with van der Waals surface area (Å²) in [6.07, 6.45) is 13.8. The summed E-state index contributed by atoms with van der Waals surface area (Å²) in [5, 5.41) is 11.1. The fraction of sp³-hybridized carbons (Fsp3) is 0.433. The molecular formula is C30H38N8O2S. The maximum Gasteiger partial charge on any atom is 0.263 e. The summed E-state index contributed by atoms with van der Waals surface area (Å²) in [6.45, 7) is 3.49. The average Bonchev–Trinajstić information content (AvgIpc) is 3.82. The second-order valence-corrected chi connectivity index (χ2v) is 11.6. The van der Waals surface area contributed by atoms with E-state index in [1.54, 1.807) is 19.4 Å². The normalized spacial score (nSPS) is 14.3. The minimum absolute atomic E-state index is 0.0213. The first-order valence-corrected chi connectivity index (χ1v) is 15.2. The van der Waals surface area contributed by atoms with Crippen molar-refractivity contribution in [3.8, 4) is 16.9 Å². The molecule has 216 valence electrons. The minimum Gasteiger partial charge on any atom is -0.359 e. The van der Waals surface area contributed by atoms with Crippen molar-refractivity contribution in [3.63, 3.8) is 0 Å². The number of nitrogens with one attached hydrogen (secondary N) is 3. The van der Waals surface area contributed by atoms with Gasteiger partial charge in [-0.15, -0.1) is 11.3 Å². The molecule has 0 bridgehead atoms. The zero-order chi connectivity index (χ0) is 28.4. The highest BCUT2D eigenvalue weighted by Gasteiger charge is 2.20. The first-order chi connectivity index (χ1) is 20.1. The fourth-order valence-corrected chi connectivity index (χ4v) is 6.02. The molecule has 1 unspecified atom stereocenters. The largest absolute Gasteiger partial charge is 0.359 e. The number of carbonyl (C=O) groups is 2. The van der Waals surface area contributed by atoms with Crippen LogP contribution >= 0.6 is 11.3 Å². The van der Waals surface area contributed by atoms with Gasteiger partial charge in [0.15, 0.2) is 0 Å². The number of H-pyrrole nitrogens is 1. The first kappa shape index (κ1) is 28.7. The van der Waals surface area contributed by atoms with Gasteiger partial charge < -0.3 is 15.6 Å². The average molecular weight is 575 g/mol. The Morgan fingerprint density at radius 2 is 1.90 bits per heavy atom. The molecule has 0 aliphatic carbocycles. The van der Waals surface area contributed by atoms with E-state index in [1.807, 2.05) is 47.4 Å². The van der Waals surface area contributed by atoms with Gasteiger partial charge in [0.05, 0.1) is 30.3 Å². The van der Waals surface area contributed by atoms with Crippen molar-refractivity contribution in [2.45, 2.75) is 57.4 Å². The molecule has 0 radical (unpaired) electrons. The van der Waals surface area contributed by atoms with Crippen LogP contribution in [0, 0.1) is 0 Å². The van der Waals surface area contributed by atoms with Crippen LogP contribution in [0.5, 0.6) is 0 Å². The summed E-state index contributed by atoms with van der Waals surface area (Å²) >= 11 is 1.47. The molecule has 4 aromatic rings. The van der Waals surface area contributed by atoms with Crippen LogP contribution in [0.2, 0.25) is 0 Å². The summed E-state index contributed by atoms with van der Waals surface area (Å²) in [4.78, 5) is 40.4. The third kappa shape index (κ3) is 7.89. The van der Waals surface area contributed by atoms with Gasteiger partial charge in [-0.2, -0.15) is 5.10 Å². The molecule has 0 spiro atoms. The number of aromatic nitrogens is 5. The lowest BCUT2D eigenvalue weighted by Crippen LogP contribution is -2.28. The topological polar surface area (TPSA) is 121 Å². The molecule has 11 heteroatoms. The molecule has 3 N–H and O–H groups in total. The SMILES string of the molecule is CNC(=O)CCCCCC(CNC(=O)c1cnc(CN2CCCC2)s1)c1ncc(-c2ccc(-n3cccn3)cc2)[nH]1. The van der Waals surface area contributed by atoms with Gasteiger partial charge in [-0.3, -0.25) is 14.5 Å². The number of amides is 2. The Hall–Kier alpha value is -3.83. The lowest BCUT2D eigenvalue weighted by atomic mass is 9.99. The predicted octanol–water partition coefficient (Wildman–Crippen LogP) is 4.52. The molecule has 2 amide bonds. The number of hydrogen-bond donors (Lipinski definition) is 3. The second kappa shape index (κ2) is 14.2. The number of rotatable bonds is 14. The quantitative estimate of drug-likeness (QED) is 0.190. The van der Waals surface area contributed by atoms with E-state index in [2.05, 4.69) is 30.6 Å². The molecule has 1 saturated heterocycles. The Morgan fingerprint density at radius 3 is 2.66 bits per heavy atom. The van der Waals surface area contributed by atoms with Crippen LogP contribution in [0.15, 0.2) is 55.1 Å². The first-order valence-electron chi connectivity index (χ1n) is 14.4. The summed E-state index contributed by atoms with van der Waals surface area (Å²) in [6, 6.07) is 10.1. The maximum atomic E-state index is 13.0. The molecule has 1 aromatic carbocycles. The van der Waals surface area contributed by atoms with Gasteiger partial charge in [0.25, 0.3) is 5.91 Å². The molecule has 3 aromatic heterocycles. The van der Waals surface area contributed by atoms with Gasteiger partial charge in [0, 0.05) is 38.3 Å². The van der Waals surface area contributed by atoms with Crippen LogP contribution in [0.1, 0.15) is 71.4 Å². The van der Waals surface area contributed by atoms with Gasteiger partial charge in [-0.05, 0) is 62.5 Å². The number of thiazole rings is 1. The van der Waals surface area contributed by atoms with Gasteiger partial charge >= 0.3 is 0 Å². The number of carbonyl (C=O) groups excluding carboxylic acids is 2. The van der Waals surface area contributed by atoms with E-state index in [4.69, 9.17) is 4.98 Å². The maximum absolute atomic E-state index is 13.0. The molecule has 4 heterocycles. The van der Waals surface area contributed by atoms with E-state index in [0.29, 0.717) is 17.8 Å². The summed E-state index contributed by atoms with van der Waals surface area (Å²) < 4.78 is 1.82.